The molecule has 3 aromatic rings. The molecule has 0 aliphatic rings. The van der Waals surface area contributed by atoms with Crippen molar-refractivity contribution in [2.45, 2.75) is 5.22 Å². The van der Waals surface area contributed by atoms with Gasteiger partial charge in [-0.25, -0.2) is 4.39 Å². The fourth-order valence-electron chi connectivity index (χ4n) is 2.03. The van der Waals surface area contributed by atoms with Gasteiger partial charge in [-0.2, -0.15) is 0 Å². The molecule has 8 heteroatoms. The van der Waals surface area contributed by atoms with Crippen LogP contribution in [0.15, 0.2) is 58.2 Å². The summed E-state index contributed by atoms with van der Waals surface area (Å²) in [4.78, 5) is 11.9. The molecule has 25 heavy (non-hydrogen) atoms. The van der Waals surface area contributed by atoms with E-state index in [-0.39, 0.29) is 16.9 Å². The van der Waals surface area contributed by atoms with Gasteiger partial charge in [0.25, 0.3) is 5.22 Å². The predicted octanol–water partition coefficient (Wildman–Crippen LogP) is 3.62. The molecule has 0 aliphatic heterocycles. The van der Waals surface area contributed by atoms with Crippen molar-refractivity contribution >= 4 is 23.4 Å². The Labute approximate surface area is 147 Å². The zero-order valence-corrected chi connectivity index (χ0v) is 14.0. The average Bonchev–Trinajstić information content (AvgIpc) is 3.09. The van der Waals surface area contributed by atoms with Crippen LogP contribution in [0, 0.1) is 5.82 Å². The average molecular weight is 359 g/mol. The van der Waals surface area contributed by atoms with Gasteiger partial charge in [0.2, 0.25) is 11.8 Å². The molecule has 1 heterocycles. The zero-order valence-electron chi connectivity index (χ0n) is 13.2. The maximum Gasteiger partial charge on any atom is 0.277 e. The summed E-state index contributed by atoms with van der Waals surface area (Å²) >= 11 is 1.10. The molecule has 0 bridgehead atoms. The summed E-state index contributed by atoms with van der Waals surface area (Å²) in [6, 6.07) is 12.9. The van der Waals surface area contributed by atoms with Gasteiger partial charge >= 0.3 is 0 Å². The van der Waals surface area contributed by atoms with Crippen LogP contribution in [0.1, 0.15) is 0 Å². The minimum atomic E-state index is -0.412. The summed E-state index contributed by atoms with van der Waals surface area (Å²) in [5, 5.41) is 10.7. The van der Waals surface area contributed by atoms with Crippen LogP contribution in [0.4, 0.5) is 10.1 Å². The molecule has 0 atom stereocenters. The summed E-state index contributed by atoms with van der Waals surface area (Å²) in [7, 11) is 1.57. The second kappa shape index (κ2) is 7.80. The molecule has 0 radical (unpaired) electrons. The zero-order chi connectivity index (χ0) is 17.6. The Morgan fingerprint density at radius 1 is 1.24 bits per heavy atom. The van der Waals surface area contributed by atoms with Gasteiger partial charge in [0, 0.05) is 11.3 Å². The number of nitrogens with zero attached hydrogens (tertiary/aromatic N) is 2. The van der Waals surface area contributed by atoms with Crippen LogP contribution < -0.4 is 10.1 Å². The van der Waals surface area contributed by atoms with E-state index < -0.39 is 5.82 Å². The van der Waals surface area contributed by atoms with Crippen molar-refractivity contribution in [2.75, 3.05) is 18.2 Å². The highest BCUT2D eigenvalue weighted by atomic mass is 32.2. The van der Waals surface area contributed by atoms with Crippen LogP contribution in [0.3, 0.4) is 0 Å². The SMILES string of the molecule is COc1cccc(-c2nnc(SCC(=O)Nc3cccc(F)c3)o2)c1. The first-order valence-electron chi connectivity index (χ1n) is 7.30. The molecular weight excluding hydrogens is 345 g/mol. The predicted molar refractivity (Wildman–Crippen MR) is 92.0 cm³/mol. The second-order valence-corrected chi connectivity index (χ2v) is 5.88. The highest BCUT2D eigenvalue weighted by Gasteiger charge is 2.12. The molecule has 0 fully saturated rings. The topological polar surface area (TPSA) is 77.2 Å². The number of hydrogen-bond acceptors (Lipinski definition) is 6. The number of thioether (sulfide) groups is 1. The van der Waals surface area contributed by atoms with Crippen molar-refractivity contribution in [3.05, 3.63) is 54.3 Å². The van der Waals surface area contributed by atoms with Gasteiger partial charge in [0.1, 0.15) is 11.6 Å². The van der Waals surface area contributed by atoms with Gasteiger partial charge < -0.3 is 14.5 Å². The first-order chi connectivity index (χ1) is 12.1. The van der Waals surface area contributed by atoms with E-state index in [4.69, 9.17) is 9.15 Å². The number of anilines is 1. The molecule has 128 valence electrons. The third kappa shape index (κ3) is 4.57. The summed E-state index contributed by atoms with van der Waals surface area (Å²) in [6.07, 6.45) is 0. The van der Waals surface area contributed by atoms with E-state index >= 15 is 0 Å². The minimum Gasteiger partial charge on any atom is -0.497 e. The van der Waals surface area contributed by atoms with Crippen LogP contribution in [-0.4, -0.2) is 29.0 Å². The van der Waals surface area contributed by atoms with Crippen LogP contribution in [-0.2, 0) is 4.79 Å². The lowest BCUT2D eigenvalue weighted by Gasteiger charge is -2.03. The van der Waals surface area contributed by atoms with E-state index in [1.807, 2.05) is 18.2 Å². The van der Waals surface area contributed by atoms with E-state index in [9.17, 15) is 9.18 Å². The third-order valence-corrected chi connectivity index (χ3v) is 3.98. The summed E-state index contributed by atoms with van der Waals surface area (Å²) in [6.45, 7) is 0. The summed E-state index contributed by atoms with van der Waals surface area (Å²) in [5.74, 6) is 0.379. The lowest BCUT2D eigenvalue weighted by molar-refractivity contribution is -0.113. The number of halogens is 1. The number of carbonyl (C=O) groups is 1. The van der Waals surface area contributed by atoms with Gasteiger partial charge in [-0.05, 0) is 36.4 Å². The number of hydrogen-bond donors (Lipinski definition) is 1. The molecule has 0 saturated heterocycles. The minimum absolute atomic E-state index is 0.0657. The van der Waals surface area contributed by atoms with Crippen LogP contribution in [0.25, 0.3) is 11.5 Å². The molecule has 0 aliphatic carbocycles. The van der Waals surface area contributed by atoms with Crippen LogP contribution >= 0.6 is 11.8 Å². The van der Waals surface area contributed by atoms with Crippen molar-refractivity contribution < 1.29 is 18.3 Å². The number of nitrogens with one attached hydrogen (secondary N) is 1. The second-order valence-electron chi connectivity index (χ2n) is 4.95. The largest absolute Gasteiger partial charge is 0.497 e. The van der Waals surface area contributed by atoms with Crippen LogP contribution in [0.2, 0.25) is 0 Å². The summed E-state index contributed by atoms with van der Waals surface area (Å²) in [5.41, 5.74) is 1.12. The van der Waals surface area contributed by atoms with Crippen molar-refractivity contribution in [1.29, 1.82) is 0 Å². The van der Waals surface area contributed by atoms with Gasteiger partial charge in [-0.15, -0.1) is 10.2 Å². The molecule has 6 nitrogen and oxygen atoms in total. The Balaban J connectivity index is 1.59. The molecular formula is C17H14FN3O3S. The van der Waals surface area contributed by atoms with Crippen LogP contribution in [0.5, 0.6) is 5.75 Å². The van der Waals surface area contributed by atoms with Crippen molar-refractivity contribution in [1.82, 2.24) is 10.2 Å². The number of benzene rings is 2. The number of rotatable bonds is 6. The normalized spacial score (nSPS) is 10.5. The molecule has 0 spiro atoms. The first kappa shape index (κ1) is 17.0. The number of aromatic nitrogens is 2. The molecule has 0 unspecified atom stereocenters. The molecule has 3 rings (SSSR count). The van der Waals surface area contributed by atoms with Crippen molar-refractivity contribution in [2.24, 2.45) is 0 Å². The molecule has 1 aromatic heterocycles. The lowest BCUT2D eigenvalue weighted by atomic mass is 10.2. The maximum atomic E-state index is 13.1. The van der Waals surface area contributed by atoms with E-state index in [0.29, 0.717) is 17.3 Å². The highest BCUT2D eigenvalue weighted by Crippen LogP contribution is 2.25. The van der Waals surface area contributed by atoms with Crippen molar-refractivity contribution in [3.8, 4) is 17.2 Å². The maximum absolute atomic E-state index is 13.1. The molecule has 2 aromatic carbocycles. The third-order valence-electron chi connectivity index (χ3n) is 3.16. The van der Waals surface area contributed by atoms with E-state index in [1.165, 1.54) is 18.2 Å². The smallest absolute Gasteiger partial charge is 0.277 e. The fourth-order valence-corrected chi connectivity index (χ4v) is 2.59. The van der Waals surface area contributed by atoms with Gasteiger partial charge in [-0.1, -0.05) is 23.9 Å². The lowest BCUT2D eigenvalue weighted by Crippen LogP contribution is -2.14. The Morgan fingerprint density at radius 3 is 2.88 bits per heavy atom. The fraction of sp³-hybridized carbons (Fsp3) is 0.118. The number of carbonyl (C=O) groups excluding carboxylic acids is 1. The van der Waals surface area contributed by atoms with Gasteiger partial charge in [-0.3, -0.25) is 4.79 Å². The Morgan fingerprint density at radius 2 is 2.08 bits per heavy atom. The number of methoxy groups -OCH3 is 1. The first-order valence-corrected chi connectivity index (χ1v) is 8.29. The molecule has 1 amide bonds. The van der Waals surface area contributed by atoms with Crippen molar-refractivity contribution in [3.63, 3.8) is 0 Å². The van der Waals surface area contributed by atoms with E-state index in [2.05, 4.69) is 15.5 Å². The Kier molecular flexibility index (Phi) is 5.30. The molecule has 0 saturated carbocycles. The quantitative estimate of drug-likeness (QED) is 0.678. The monoisotopic (exact) mass is 359 g/mol. The Hall–Kier alpha value is -2.87. The van der Waals surface area contributed by atoms with E-state index in [0.717, 1.165) is 17.3 Å². The number of amides is 1. The highest BCUT2D eigenvalue weighted by molar-refractivity contribution is 7.99. The molecule has 1 N–H and O–H groups in total. The summed E-state index contributed by atoms with van der Waals surface area (Å²) < 4.78 is 23.8. The van der Waals surface area contributed by atoms with Gasteiger partial charge in [0.15, 0.2) is 0 Å². The van der Waals surface area contributed by atoms with E-state index in [1.54, 1.807) is 19.2 Å². The Bertz CT molecular complexity index is 885. The van der Waals surface area contributed by atoms with Gasteiger partial charge in [0.05, 0.1) is 12.9 Å². The number of ether oxygens (including phenoxy) is 1. The standard InChI is InChI=1S/C17H14FN3O3S/c1-23-14-7-2-4-11(8-14)16-20-21-17(24-16)25-10-15(22)19-13-6-3-5-12(18)9-13/h2-9H,10H2,1H3,(H,19,22).